The molecule has 1 N–H and O–H groups in total. The molecule has 0 saturated heterocycles. The molecule has 1 aromatic heterocycles. The maximum Gasteiger partial charge on any atom is 0.345 e. The second-order valence-corrected chi connectivity index (χ2v) is 9.89. The van der Waals surface area contributed by atoms with E-state index in [9.17, 15) is 10.1 Å². The van der Waals surface area contributed by atoms with Crippen LogP contribution in [0.25, 0.3) is 5.57 Å². The molecule has 3 nitrogen and oxygen atoms in total. The second kappa shape index (κ2) is 11.3. The Morgan fingerprint density at radius 3 is 2.61 bits per heavy atom. The first-order valence-corrected chi connectivity index (χ1v) is 12.4. The monoisotopic (exact) mass is 435 g/mol. The number of carboxylic acids is 1. The lowest BCUT2D eigenvalue weighted by atomic mass is 9.87. The van der Waals surface area contributed by atoms with Gasteiger partial charge in [0.2, 0.25) is 0 Å². The van der Waals surface area contributed by atoms with E-state index < -0.39 is 5.97 Å². The van der Waals surface area contributed by atoms with Crippen LogP contribution in [0.3, 0.4) is 0 Å². The molecule has 4 heteroatoms. The van der Waals surface area contributed by atoms with E-state index in [4.69, 9.17) is 5.11 Å². The summed E-state index contributed by atoms with van der Waals surface area (Å²) in [6, 6.07) is 15.0. The molecule has 2 aromatic rings. The predicted molar refractivity (Wildman–Crippen MR) is 128 cm³/mol. The Balaban J connectivity index is 1.63. The van der Waals surface area contributed by atoms with E-state index in [0.717, 1.165) is 42.6 Å². The van der Waals surface area contributed by atoms with Crippen LogP contribution in [0, 0.1) is 17.2 Å². The van der Waals surface area contributed by atoms with Crippen molar-refractivity contribution in [2.75, 3.05) is 0 Å². The highest BCUT2D eigenvalue weighted by Gasteiger charge is 2.26. The van der Waals surface area contributed by atoms with Crippen LogP contribution in [0.2, 0.25) is 0 Å². The van der Waals surface area contributed by atoms with Crippen LogP contribution in [-0.4, -0.2) is 11.1 Å². The maximum atomic E-state index is 11.1. The number of carbonyl (C=O) groups is 1. The number of rotatable bonds is 11. The first kappa shape index (κ1) is 23.3. The van der Waals surface area contributed by atoms with Gasteiger partial charge in [0.05, 0.1) is 6.07 Å². The normalized spacial score (nSPS) is 17.0. The molecule has 1 unspecified atom stereocenters. The van der Waals surface area contributed by atoms with Gasteiger partial charge >= 0.3 is 5.97 Å². The fraction of sp³-hybridized carbons (Fsp3) is 0.481. The molecule has 0 amide bonds. The first-order chi connectivity index (χ1) is 15.0. The van der Waals surface area contributed by atoms with Crippen LogP contribution < -0.4 is 0 Å². The number of aromatic carboxylic acids is 1. The standard InChI is InChI=1S/C27H33NO2S/c1-3-4-5-7-19(2)20-10-12-22(13-11-20)26-21(14-15-23(26)18-28)8-6-9-24-16-17-25(31-24)27(29)30/h10-13,16-17,19,21H,3-9,14-15H2,1-2H3,(H,29,30)/t19?,21-/m0/s1. The molecule has 2 atom stereocenters. The van der Waals surface area contributed by atoms with Crippen molar-refractivity contribution in [1.82, 2.24) is 0 Å². The smallest absolute Gasteiger partial charge is 0.345 e. The molecule has 0 spiro atoms. The molecule has 164 valence electrons. The molecule has 0 saturated carbocycles. The van der Waals surface area contributed by atoms with E-state index in [2.05, 4.69) is 44.2 Å². The van der Waals surface area contributed by atoms with Crippen molar-refractivity contribution >= 4 is 22.9 Å². The van der Waals surface area contributed by atoms with Gasteiger partial charge in [0.1, 0.15) is 4.88 Å². The third-order valence-corrected chi connectivity index (χ3v) is 7.62. The van der Waals surface area contributed by atoms with E-state index in [1.165, 1.54) is 53.7 Å². The molecule has 0 aliphatic heterocycles. The fourth-order valence-corrected chi connectivity index (χ4v) is 5.56. The Morgan fingerprint density at radius 1 is 1.19 bits per heavy atom. The van der Waals surface area contributed by atoms with Crippen molar-refractivity contribution in [2.24, 2.45) is 5.92 Å². The van der Waals surface area contributed by atoms with Gasteiger partial charge < -0.3 is 5.11 Å². The average Bonchev–Trinajstić information content (AvgIpc) is 3.41. The number of nitriles is 1. The summed E-state index contributed by atoms with van der Waals surface area (Å²) in [4.78, 5) is 12.6. The average molecular weight is 436 g/mol. The second-order valence-electron chi connectivity index (χ2n) is 8.72. The van der Waals surface area contributed by atoms with E-state index in [1.54, 1.807) is 6.07 Å². The summed E-state index contributed by atoms with van der Waals surface area (Å²) in [7, 11) is 0. The SMILES string of the molecule is CCCCCC(C)c1ccc(C2=C(C#N)CC[C@@H]2CCCc2ccc(C(=O)O)s2)cc1. The lowest BCUT2D eigenvalue weighted by molar-refractivity contribution is 0.0702. The summed E-state index contributed by atoms with van der Waals surface area (Å²) < 4.78 is 0. The number of allylic oxidation sites excluding steroid dienone is 2. The number of hydrogen-bond acceptors (Lipinski definition) is 3. The summed E-state index contributed by atoms with van der Waals surface area (Å²) in [6.07, 6.45) is 9.92. The van der Waals surface area contributed by atoms with Crippen LogP contribution >= 0.6 is 11.3 Å². The highest BCUT2D eigenvalue weighted by atomic mass is 32.1. The number of benzene rings is 1. The Kier molecular flexibility index (Phi) is 8.49. The molecule has 1 aromatic carbocycles. The molecular formula is C27H33NO2S. The van der Waals surface area contributed by atoms with Gasteiger partial charge in [0.25, 0.3) is 0 Å². The Bertz CT molecular complexity index is 948. The number of unbranched alkanes of at least 4 members (excludes halogenated alkanes) is 2. The van der Waals surface area contributed by atoms with Crippen LogP contribution in [0.4, 0.5) is 0 Å². The first-order valence-electron chi connectivity index (χ1n) is 11.6. The highest BCUT2D eigenvalue weighted by molar-refractivity contribution is 7.13. The maximum absolute atomic E-state index is 11.1. The molecule has 0 radical (unpaired) electrons. The van der Waals surface area contributed by atoms with Gasteiger partial charge in [0.15, 0.2) is 0 Å². The van der Waals surface area contributed by atoms with E-state index in [-0.39, 0.29) is 0 Å². The van der Waals surface area contributed by atoms with Crippen molar-refractivity contribution in [1.29, 1.82) is 5.26 Å². The number of carboxylic acid groups (broad SMARTS) is 1. The molecule has 31 heavy (non-hydrogen) atoms. The van der Waals surface area contributed by atoms with Crippen molar-refractivity contribution in [3.05, 3.63) is 62.9 Å². The van der Waals surface area contributed by atoms with Crippen LogP contribution in [0.1, 0.15) is 96.8 Å². The lowest BCUT2D eigenvalue weighted by Crippen LogP contribution is -2.01. The van der Waals surface area contributed by atoms with Crippen molar-refractivity contribution in [3.8, 4) is 6.07 Å². The molecule has 0 bridgehead atoms. The van der Waals surface area contributed by atoms with Crippen molar-refractivity contribution < 1.29 is 9.90 Å². The number of thiophene rings is 1. The minimum absolute atomic E-state index is 0.409. The van der Waals surface area contributed by atoms with Gasteiger partial charge in [-0.05, 0) is 79.2 Å². The minimum Gasteiger partial charge on any atom is -0.477 e. The van der Waals surface area contributed by atoms with E-state index in [1.807, 2.05) is 6.07 Å². The third kappa shape index (κ3) is 6.08. The number of aryl methyl sites for hydroxylation is 1. The quantitative estimate of drug-likeness (QED) is 0.366. The molecule has 0 fully saturated rings. The lowest BCUT2D eigenvalue weighted by Gasteiger charge is -2.17. The highest BCUT2D eigenvalue weighted by Crippen LogP contribution is 2.42. The van der Waals surface area contributed by atoms with Crippen LogP contribution in [0.5, 0.6) is 0 Å². The zero-order valence-corrected chi connectivity index (χ0v) is 19.5. The zero-order chi connectivity index (χ0) is 22.2. The molecule has 1 aliphatic carbocycles. The van der Waals surface area contributed by atoms with Gasteiger partial charge in [-0.3, -0.25) is 0 Å². The summed E-state index contributed by atoms with van der Waals surface area (Å²) in [5.41, 5.74) is 4.77. The summed E-state index contributed by atoms with van der Waals surface area (Å²) in [5.74, 6) is 0.145. The summed E-state index contributed by atoms with van der Waals surface area (Å²) in [5, 5.41) is 18.8. The molecular weight excluding hydrogens is 402 g/mol. The molecule has 1 heterocycles. The number of hydrogen-bond donors (Lipinski definition) is 1. The van der Waals surface area contributed by atoms with Gasteiger partial charge in [0, 0.05) is 10.5 Å². The fourth-order valence-electron chi connectivity index (χ4n) is 4.67. The van der Waals surface area contributed by atoms with E-state index in [0.29, 0.717) is 16.7 Å². The van der Waals surface area contributed by atoms with Crippen LogP contribution in [-0.2, 0) is 6.42 Å². The van der Waals surface area contributed by atoms with Gasteiger partial charge in [-0.1, -0.05) is 57.4 Å². The van der Waals surface area contributed by atoms with Crippen molar-refractivity contribution in [2.45, 2.75) is 77.6 Å². The van der Waals surface area contributed by atoms with Gasteiger partial charge in [-0.15, -0.1) is 11.3 Å². The summed E-state index contributed by atoms with van der Waals surface area (Å²) >= 11 is 1.37. The zero-order valence-electron chi connectivity index (χ0n) is 18.7. The van der Waals surface area contributed by atoms with Crippen LogP contribution in [0.15, 0.2) is 42.0 Å². The largest absolute Gasteiger partial charge is 0.477 e. The Morgan fingerprint density at radius 2 is 1.97 bits per heavy atom. The van der Waals surface area contributed by atoms with Gasteiger partial charge in [-0.2, -0.15) is 5.26 Å². The third-order valence-electron chi connectivity index (χ3n) is 6.49. The number of nitrogens with zero attached hydrogens (tertiary/aromatic N) is 1. The predicted octanol–water partition coefficient (Wildman–Crippen LogP) is 7.84. The van der Waals surface area contributed by atoms with Crippen molar-refractivity contribution in [3.63, 3.8) is 0 Å². The Hall–Kier alpha value is -2.38. The van der Waals surface area contributed by atoms with Gasteiger partial charge in [-0.25, -0.2) is 4.79 Å². The van der Waals surface area contributed by atoms with E-state index >= 15 is 0 Å². The minimum atomic E-state index is -0.848. The Labute approximate surface area is 190 Å². The topological polar surface area (TPSA) is 61.1 Å². The molecule has 3 rings (SSSR count). The summed E-state index contributed by atoms with van der Waals surface area (Å²) in [6.45, 7) is 4.55. The molecule has 1 aliphatic rings.